The van der Waals surface area contributed by atoms with Crippen LogP contribution in [0.5, 0.6) is 0 Å². The Balaban J connectivity index is 2.48. The van der Waals surface area contributed by atoms with Gasteiger partial charge in [0.1, 0.15) is 12.4 Å². The predicted octanol–water partition coefficient (Wildman–Crippen LogP) is 2.16. The van der Waals surface area contributed by atoms with Gasteiger partial charge in [-0.2, -0.15) is 13.2 Å². The van der Waals surface area contributed by atoms with Crippen LogP contribution in [0.3, 0.4) is 0 Å². The number of imidazole rings is 1. The summed E-state index contributed by atoms with van der Waals surface area (Å²) < 4.78 is 39.4. The highest BCUT2D eigenvalue weighted by atomic mass is 19.4. The summed E-state index contributed by atoms with van der Waals surface area (Å²) in [6.07, 6.45) is 0.592. The zero-order chi connectivity index (χ0) is 14.0. The van der Waals surface area contributed by atoms with Gasteiger partial charge in [0.2, 0.25) is 0 Å². The third-order valence-electron chi connectivity index (χ3n) is 2.66. The number of rotatable bonds is 4. The van der Waals surface area contributed by atoms with Crippen molar-refractivity contribution in [3.63, 3.8) is 0 Å². The fraction of sp³-hybridized carbons (Fsp3) is 0.455. The molecule has 0 unspecified atom stereocenters. The van der Waals surface area contributed by atoms with E-state index < -0.39 is 12.7 Å². The molecule has 8 heteroatoms. The standard InChI is InChI=1S/C11H14F3N5/c1-3-18(7-11(12,13)14)10-9-16-4-5-19(9)6-8(15-2)17-10/h4-6,15H,3,7H2,1-2H3. The van der Waals surface area contributed by atoms with Crippen LogP contribution in [0.1, 0.15) is 6.92 Å². The summed E-state index contributed by atoms with van der Waals surface area (Å²) in [5.74, 6) is 0.706. The number of hydrogen-bond donors (Lipinski definition) is 1. The van der Waals surface area contributed by atoms with Gasteiger partial charge in [-0.25, -0.2) is 9.97 Å². The van der Waals surface area contributed by atoms with Crippen LogP contribution in [0.2, 0.25) is 0 Å². The molecule has 0 spiro atoms. The summed E-state index contributed by atoms with van der Waals surface area (Å²) >= 11 is 0. The van der Waals surface area contributed by atoms with E-state index in [2.05, 4.69) is 15.3 Å². The summed E-state index contributed by atoms with van der Waals surface area (Å²) in [6, 6.07) is 0. The van der Waals surface area contributed by atoms with Crippen LogP contribution in [-0.4, -0.2) is 40.7 Å². The Bertz CT molecular complexity index is 563. The quantitative estimate of drug-likeness (QED) is 0.927. The molecule has 2 aromatic heterocycles. The molecule has 0 saturated heterocycles. The first-order chi connectivity index (χ1) is 8.94. The van der Waals surface area contributed by atoms with Gasteiger partial charge >= 0.3 is 6.18 Å². The smallest absolute Gasteiger partial charge is 0.372 e. The molecule has 0 radical (unpaired) electrons. The van der Waals surface area contributed by atoms with E-state index in [0.29, 0.717) is 11.5 Å². The molecule has 2 heterocycles. The van der Waals surface area contributed by atoms with Crippen molar-refractivity contribution in [1.29, 1.82) is 0 Å². The van der Waals surface area contributed by atoms with Crippen molar-refractivity contribution in [1.82, 2.24) is 14.4 Å². The lowest BCUT2D eigenvalue weighted by atomic mass is 10.4. The van der Waals surface area contributed by atoms with Gasteiger partial charge in [0.05, 0.1) is 6.20 Å². The molecule has 0 bridgehead atoms. The minimum Gasteiger partial charge on any atom is -0.372 e. The number of alkyl halides is 3. The van der Waals surface area contributed by atoms with Gasteiger partial charge in [0.15, 0.2) is 11.5 Å². The van der Waals surface area contributed by atoms with Crippen molar-refractivity contribution < 1.29 is 13.2 Å². The predicted molar refractivity (Wildman–Crippen MR) is 66.5 cm³/mol. The number of anilines is 2. The normalized spacial score (nSPS) is 11.8. The molecule has 0 amide bonds. The number of halogens is 3. The van der Waals surface area contributed by atoms with Gasteiger partial charge < -0.3 is 14.6 Å². The zero-order valence-corrected chi connectivity index (χ0v) is 10.6. The van der Waals surface area contributed by atoms with Gasteiger partial charge in [-0.3, -0.25) is 0 Å². The molecule has 2 rings (SSSR count). The Morgan fingerprint density at radius 3 is 2.74 bits per heavy atom. The van der Waals surface area contributed by atoms with Crippen molar-refractivity contribution in [2.45, 2.75) is 13.1 Å². The maximum Gasteiger partial charge on any atom is 0.405 e. The van der Waals surface area contributed by atoms with Crippen LogP contribution in [-0.2, 0) is 0 Å². The Labute approximate surface area is 108 Å². The van der Waals surface area contributed by atoms with Gasteiger partial charge in [-0.05, 0) is 6.92 Å². The fourth-order valence-electron chi connectivity index (χ4n) is 1.80. The van der Waals surface area contributed by atoms with E-state index in [1.807, 2.05) is 0 Å². The SMILES string of the molecule is CCN(CC(F)(F)F)c1nc(NC)cn2ccnc12. The Hall–Kier alpha value is -1.99. The molecule has 0 aliphatic heterocycles. The van der Waals surface area contributed by atoms with Crippen LogP contribution in [0.25, 0.3) is 5.65 Å². The molecule has 5 nitrogen and oxygen atoms in total. The average molecular weight is 273 g/mol. The van der Waals surface area contributed by atoms with Crippen molar-refractivity contribution in [3.05, 3.63) is 18.6 Å². The van der Waals surface area contributed by atoms with Gasteiger partial charge in [0.25, 0.3) is 0 Å². The van der Waals surface area contributed by atoms with E-state index in [4.69, 9.17) is 0 Å². The molecule has 0 fully saturated rings. The first kappa shape index (κ1) is 13.4. The van der Waals surface area contributed by atoms with Crippen molar-refractivity contribution in [2.24, 2.45) is 0 Å². The minimum absolute atomic E-state index is 0.197. The third-order valence-corrected chi connectivity index (χ3v) is 2.66. The molecule has 0 aromatic carbocycles. The molecule has 104 valence electrons. The van der Waals surface area contributed by atoms with E-state index in [9.17, 15) is 13.2 Å². The Morgan fingerprint density at radius 2 is 2.16 bits per heavy atom. The number of nitrogens with zero attached hydrogens (tertiary/aromatic N) is 4. The number of hydrogen-bond acceptors (Lipinski definition) is 4. The van der Waals surface area contributed by atoms with Crippen LogP contribution in [0, 0.1) is 0 Å². The highest BCUT2D eigenvalue weighted by Crippen LogP contribution is 2.24. The van der Waals surface area contributed by atoms with Crippen molar-refractivity contribution in [2.75, 3.05) is 30.4 Å². The van der Waals surface area contributed by atoms with Crippen LogP contribution < -0.4 is 10.2 Å². The molecular formula is C11H14F3N5. The van der Waals surface area contributed by atoms with Crippen LogP contribution in [0.4, 0.5) is 24.8 Å². The highest BCUT2D eigenvalue weighted by Gasteiger charge is 2.31. The van der Waals surface area contributed by atoms with Crippen molar-refractivity contribution >= 4 is 17.3 Å². The summed E-state index contributed by atoms with van der Waals surface area (Å²) in [5.41, 5.74) is 0.408. The molecular weight excluding hydrogens is 259 g/mol. The lowest BCUT2D eigenvalue weighted by Crippen LogP contribution is -2.35. The lowest BCUT2D eigenvalue weighted by molar-refractivity contribution is -0.119. The van der Waals surface area contributed by atoms with Crippen LogP contribution >= 0.6 is 0 Å². The molecule has 2 aromatic rings. The first-order valence-electron chi connectivity index (χ1n) is 5.77. The lowest BCUT2D eigenvalue weighted by Gasteiger charge is -2.24. The second kappa shape index (κ2) is 4.94. The van der Waals surface area contributed by atoms with Gasteiger partial charge in [-0.1, -0.05) is 0 Å². The molecule has 0 aliphatic rings. The molecule has 0 atom stereocenters. The summed E-state index contributed by atoms with van der Waals surface area (Å²) in [6.45, 7) is 0.799. The summed E-state index contributed by atoms with van der Waals surface area (Å²) in [4.78, 5) is 9.39. The Kier molecular flexibility index (Phi) is 3.50. The van der Waals surface area contributed by atoms with Crippen LogP contribution in [0.15, 0.2) is 18.6 Å². The van der Waals surface area contributed by atoms with E-state index in [1.165, 1.54) is 6.20 Å². The largest absolute Gasteiger partial charge is 0.405 e. The van der Waals surface area contributed by atoms with Crippen molar-refractivity contribution in [3.8, 4) is 0 Å². The summed E-state index contributed by atoms with van der Waals surface area (Å²) in [5, 5.41) is 2.82. The maximum atomic E-state index is 12.6. The number of nitrogens with one attached hydrogen (secondary N) is 1. The zero-order valence-electron chi connectivity index (χ0n) is 10.6. The maximum absolute atomic E-state index is 12.6. The van der Waals surface area contributed by atoms with E-state index >= 15 is 0 Å². The number of aromatic nitrogens is 3. The number of fused-ring (bicyclic) bond motifs is 1. The second-order valence-electron chi connectivity index (χ2n) is 3.99. The van der Waals surface area contributed by atoms with E-state index in [0.717, 1.165) is 4.90 Å². The first-order valence-corrected chi connectivity index (χ1v) is 5.77. The molecule has 19 heavy (non-hydrogen) atoms. The molecule has 0 saturated carbocycles. The minimum atomic E-state index is -4.28. The highest BCUT2D eigenvalue weighted by molar-refractivity contribution is 5.66. The topological polar surface area (TPSA) is 45.5 Å². The molecule has 1 N–H and O–H groups in total. The van der Waals surface area contributed by atoms with E-state index in [-0.39, 0.29) is 12.4 Å². The van der Waals surface area contributed by atoms with E-state index in [1.54, 1.807) is 30.8 Å². The van der Waals surface area contributed by atoms with Gasteiger partial charge in [0, 0.05) is 26.0 Å². The van der Waals surface area contributed by atoms with Gasteiger partial charge in [-0.15, -0.1) is 0 Å². The molecule has 0 aliphatic carbocycles. The summed E-state index contributed by atoms with van der Waals surface area (Å²) in [7, 11) is 1.66. The third kappa shape index (κ3) is 2.88. The Morgan fingerprint density at radius 1 is 1.42 bits per heavy atom. The average Bonchev–Trinajstić information content (AvgIpc) is 2.81. The fourth-order valence-corrected chi connectivity index (χ4v) is 1.80. The monoisotopic (exact) mass is 273 g/mol. The second-order valence-corrected chi connectivity index (χ2v) is 3.99.